The van der Waals surface area contributed by atoms with Crippen LogP contribution in [-0.4, -0.2) is 22.1 Å². The number of hydrogen-bond acceptors (Lipinski definition) is 3. The third-order valence-electron chi connectivity index (χ3n) is 5.01. The van der Waals surface area contributed by atoms with Crippen molar-refractivity contribution >= 4 is 18.2 Å². The lowest BCUT2D eigenvalue weighted by atomic mass is 9.94. The summed E-state index contributed by atoms with van der Waals surface area (Å²) in [6.07, 6.45) is 0.933. The lowest BCUT2D eigenvalue weighted by molar-refractivity contribution is -0.142. The molecule has 2 aliphatic rings. The van der Waals surface area contributed by atoms with Crippen LogP contribution < -0.4 is 0 Å². The summed E-state index contributed by atoms with van der Waals surface area (Å²) in [4.78, 5) is 14.9. The molecule has 0 saturated heterocycles. The molecule has 1 aromatic carbocycles. The molecule has 1 aromatic heterocycles. The summed E-state index contributed by atoms with van der Waals surface area (Å²) in [5.74, 6) is -1.33. The number of imidazole rings is 1. The number of carbonyl (C=O) groups excluding carboxylic acids is 1. The average molecular weight is 350 g/mol. The fraction of sp³-hybridized carbons (Fsp3) is 0.412. The molecule has 0 unspecified atom stereocenters. The van der Waals surface area contributed by atoms with E-state index in [1.165, 1.54) is 12.1 Å². The second kappa shape index (κ2) is 5.24. The van der Waals surface area contributed by atoms with Crippen LogP contribution in [-0.2, 0) is 27.9 Å². The number of H-pyrrole nitrogens is 1. The normalized spacial score (nSPS) is 23.7. The van der Waals surface area contributed by atoms with Gasteiger partial charge in [0.15, 0.2) is 4.77 Å². The highest BCUT2D eigenvalue weighted by atomic mass is 32.1. The Labute approximate surface area is 142 Å². The monoisotopic (exact) mass is 350 g/mol. The molecule has 4 rings (SSSR count). The summed E-state index contributed by atoms with van der Waals surface area (Å²) in [7, 11) is 0. The van der Waals surface area contributed by atoms with Gasteiger partial charge in [0.2, 0.25) is 0 Å². The van der Waals surface area contributed by atoms with E-state index in [1.54, 1.807) is 6.92 Å². The summed E-state index contributed by atoms with van der Waals surface area (Å²) in [6, 6.07) is 3.67. The van der Waals surface area contributed by atoms with Gasteiger partial charge in [-0.2, -0.15) is 0 Å². The molecule has 2 aromatic rings. The van der Waals surface area contributed by atoms with E-state index in [-0.39, 0.29) is 23.7 Å². The van der Waals surface area contributed by atoms with Crippen LogP contribution in [0, 0.1) is 16.4 Å². The number of ether oxygens (including phenoxy) is 1. The lowest BCUT2D eigenvalue weighted by Crippen LogP contribution is -2.13. The predicted octanol–water partition coefficient (Wildman–Crippen LogP) is 3.37. The molecule has 1 saturated carbocycles. The topological polar surface area (TPSA) is 47.0 Å². The van der Waals surface area contributed by atoms with Crippen molar-refractivity contribution in [1.82, 2.24) is 9.55 Å². The molecular formula is C17H16F2N2O2S. The number of aromatic amines is 1. The summed E-state index contributed by atoms with van der Waals surface area (Å²) in [5.41, 5.74) is 2.06. The van der Waals surface area contributed by atoms with Crippen LogP contribution in [0.3, 0.4) is 0 Å². The zero-order valence-corrected chi connectivity index (χ0v) is 13.9. The highest BCUT2D eigenvalue weighted by molar-refractivity contribution is 7.71. The van der Waals surface area contributed by atoms with E-state index in [0.29, 0.717) is 23.5 Å². The maximum atomic E-state index is 13.6. The molecule has 1 fully saturated rings. The third kappa shape index (κ3) is 2.22. The average Bonchev–Trinajstić information content (AvgIpc) is 3.00. The van der Waals surface area contributed by atoms with E-state index in [9.17, 15) is 13.6 Å². The van der Waals surface area contributed by atoms with Gasteiger partial charge in [-0.25, -0.2) is 8.78 Å². The molecule has 4 nitrogen and oxygen atoms in total. The number of halogens is 2. The smallest absolute Gasteiger partial charge is 0.311 e. The van der Waals surface area contributed by atoms with Gasteiger partial charge in [0.25, 0.3) is 0 Å². The Morgan fingerprint density at radius 1 is 1.42 bits per heavy atom. The molecular weight excluding hydrogens is 334 g/mol. The number of esters is 1. The molecule has 0 radical (unpaired) electrons. The molecule has 1 aliphatic heterocycles. The molecule has 0 bridgehead atoms. The van der Waals surface area contributed by atoms with Crippen LogP contribution in [0.5, 0.6) is 0 Å². The van der Waals surface area contributed by atoms with Crippen molar-refractivity contribution in [2.75, 3.05) is 6.61 Å². The van der Waals surface area contributed by atoms with Crippen LogP contribution in [0.25, 0.3) is 0 Å². The summed E-state index contributed by atoms with van der Waals surface area (Å²) in [5, 5.41) is 0. The number of nitrogens with one attached hydrogen (secondary N) is 1. The fourth-order valence-corrected chi connectivity index (χ4v) is 4.24. The quantitative estimate of drug-likeness (QED) is 0.679. The molecule has 126 valence electrons. The van der Waals surface area contributed by atoms with Crippen LogP contribution in [0.4, 0.5) is 8.78 Å². The molecule has 24 heavy (non-hydrogen) atoms. The van der Waals surface area contributed by atoms with Gasteiger partial charge >= 0.3 is 5.97 Å². The minimum absolute atomic E-state index is 0.121. The number of carbonyl (C=O) groups is 1. The van der Waals surface area contributed by atoms with Crippen LogP contribution >= 0.6 is 12.2 Å². The van der Waals surface area contributed by atoms with Crippen molar-refractivity contribution in [3.8, 4) is 0 Å². The van der Waals surface area contributed by atoms with Crippen LogP contribution in [0.15, 0.2) is 18.2 Å². The maximum Gasteiger partial charge on any atom is 0.311 e. The van der Waals surface area contributed by atoms with Gasteiger partial charge in [-0.3, -0.25) is 4.79 Å². The molecule has 0 spiro atoms. The number of rotatable bonds is 4. The lowest BCUT2D eigenvalue weighted by Gasteiger charge is -2.13. The van der Waals surface area contributed by atoms with E-state index in [4.69, 9.17) is 17.0 Å². The van der Waals surface area contributed by atoms with Crippen molar-refractivity contribution in [3.63, 3.8) is 0 Å². The fourth-order valence-electron chi connectivity index (χ4n) is 3.95. The van der Waals surface area contributed by atoms with Crippen molar-refractivity contribution < 1.29 is 18.3 Å². The molecule has 0 amide bonds. The first kappa shape index (κ1) is 15.5. The van der Waals surface area contributed by atoms with Gasteiger partial charge in [-0.15, -0.1) is 0 Å². The first-order valence-corrected chi connectivity index (χ1v) is 8.29. The number of hydrogen-bond donors (Lipinski definition) is 1. The predicted molar refractivity (Wildman–Crippen MR) is 85.3 cm³/mol. The second-order valence-corrected chi connectivity index (χ2v) is 6.82. The summed E-state index contributed by atoms with van der Waals surface area (Å²) >= 11 is 5.35. The van der Waals surface area contributed by atoms with Gasteiger partial charge in [0.1, 0.15) is 11.6 Å². The Hall–Kier alpha value is -2.02. The maximum absolute atomic E-state index is 13.6. The number of nitrogens with zero attached hydrogens (tertiary/aromatic N) is 1. The SMILES string of the molecule is CCOC(=O)Cc1[nH]c(=S)n2c1[C@@H]1C[C@]1(c1cc(F)cc(F)c1)C2. The van der Waals surface area contributed by atoms with E-state index in [0.717, 1.165) is 23.9 Å². The minimum Gasteiger partial charge on any atom is -0.466 e. The first-order valence-electron chi connectivity index (χ1n) is 7.88. The van der Waals surface area contributed by atoms with Gasteiger partial charge < -0.3 is 14.3 Å². The van der Waals surface area contributed by atoms with Gasteiger partial charge in [-0.1, -0.05) is 0 Å². The zero-order chi connectivity index (χ0) is 17.1. The number of fused-ring (bicyclic) bond motifs is 3. The molecule has 2 heterocycles. The summed E-state index contributed by atoms with van der Waals surface area (Å²) in [6.45, 7) is 2.66. The van der Waals surface area contributed by atoms with E-state index in [1.807, 2.05) is 4.57 Å². The Morgan fingerprint density at radius 2 is 2.12 bits per heavy atom. The highest BCUT2D eigenvalue weighted by Gasteiger charge is 2.62. The highest BCUT2D eigenvalue weighted by Crippen LogP contribution is 2.66. The van der Waals surface area contributed by atoms with Gasteiger partial charge in [0.05, 0.1) is 13.0 Å². The van der Waals surface area contributed by atoms with Crippen molar-refractivity contribution in [3.05, 3.63) is 51.6 Å². The molecule has 1 aliphatic carbocycles. The Kier molecular flexibility index (Phi) is 3.38. The Balaban J connectivity index is 1.69. The van der Waals surface area contributed by atoms with E-state index in [2.05, 4.69) is 4.98 Å². The third-order valence-corrected chi connectivity index (χ3v) is 5.33. The Bertz CT molecular complexity index is 884. The van der Waals surface area contributed by atoms with Crippen molar-refractivity contribution in [1.29, 1.82) is 0 Å². The minimum atomic E-state index is -0.571. The second-order valence-electron chi connectivity index (χ2n) is 6.43. The Morgan fingerprint density at radius 3 is 2.79 bits per heavy atom. The van der Waals surface area contributed by atoms with Crippen LogP contribution in [0.2, 0.25) is 0 Å². The molecule has 2 atom stereocenters. The van der Waals surface area contributed by atoms with Crippen molar-refractivity contribution in [2.45, 2.75) is 37.6 Å². The molecule has 1 N–H and O–H groups in total. The van der Waals surface area contributed by atoms with E-state index < -0.39 is 11.6 Å². The zero-order valence-electron chi connectivity index (χ0n) is 13.1. The van der Waals surface area contributed by atoms with Crippen molar-refractivity contribution in [2.24, 2.45) is 0 Å². The largest absolute Gasteiger partial charge is 0.466 e. The first-order chi connectivity index (χ1) is 11.4. The number of aromatic nitrogens is 2. The van der Waals surface area contributed by atoms with Gasteiger partial charge in [-0.05, 0) is 43.3 Å². The number of benzene rings is 1. The standard InChI is InChI=1S/C17H16F2N2O2S/c1-2-23-14(22)6-13-15-12-7-17(12,8-21(15)16(24)20-13)9-3-10(18)5-11(19)4-9/h3-5,12H,2,6-8H2,1H3,(H,20,24)/t12-,17+/m0/s1. The van der Waals surface area contributed by atoms with E-state index >= 15 is 0 Å². The summed E-state index contributed by atoms with van der Waals surface area (Å²) < 4.78 is 34.7. The molecule has 7 heteroatoms. The van der Waals surface area contributed by atoms with Crippen LogP contribution in [0.1, 0.15) is 36.2 Å². The van der Waals surface area contributed by atoms with Gasteiger partial charge in [0, 0.05) is 35.3 Å².